The van der Waals surface area contributed by atoms with Gasteiger partial charge in [0.15, 0.2) is 0 Å². The van der Waals surface area contributed by atoms with Gasteiger partial charge in [-0.25, -0.2) is 4.98 Å². The van der Waals surface area contributed by atoms with Crippen molar-refractivity contribution in [2.24, 2.45) is 5.41 Å². The van der Waals surface area contributed by atoms with Crippen molar-refractivity contribution < 1.29 is 0 Å². The lowest BCUT2D eigenvalue weighted by Crippen LogP contribution is -2.32. The van der Waals surface area contributed by atoms with Crippen molar-refractivity contribution >= 4 is 22.7 Å². The number of nitrogens with one attached hydrogen (secondary N) is 2. The summed E-state index contributed by atoms with van der Waals surface area (Å²) in [5, 5.41) is 7.81. The molecule has 1 saturated carbocycles. The van der Waals surface area contributed by atoms with Gasteiger partial charge in [-0.2, -0.15) is 4.98 Å². The van der Waals surface area contributed by atoms with Crippen LogP contribution in [0.3, 0.4) is 0 Å². The molecule has 2 aromatic rings. The first-order valence-corrected chi connectivity index (χ1v) is 7.78. The molecule has 1 fully saturated rings. The number of anilines is 2. The fraction of sp³-hybridized carbons (Fsp3) is 0.529. The Bertz CT molecular complexity index is 636. The molecule has 21 heavy (non-hydrogen) atoms. The van der Waals surface area contributed by atoms with Crippen molar-refractivity contribution in [2.75, 3.05) is 17.7 Å². The zero-order chi connectivity index (χ0) is 14.9. The zero-order valence-corrected chi connectivity index (χ0v) is 13.1. The van der Waals surface area contributed by atoms with Gasteiger partial charge in [0.2, 0.25) is 5.95 Å². The van der Waals surface area contributed by atoms with Crippen molar-refractivity contribution in [3.05, 3.63) is 24.3 Å². The van der Waals surface area contributed by atoms with Crippen LogP contribution in [0.15, 0.2) is 24.3 Å². The molecule has 0 aliphatic heterocycles. The Hall–Kier alpha value is -1.84. The monoisotopic (exact) mass is 284 g/mol. The second kappa shape index (κ2) is 5.51. The molecule has 3 rings (SSSR count). The molecule has 0 radical (unpaired) electrons. The first-order valence-electron chi connectivity index (χ1n) is 7.78. The van der Waals surface area contributed by atoms with E-state index in [1.54, 1.807) is 0 Å². The molecule has 4 heteroatoms. The smallest absolute Gasteiger partial charge is 0.224 e. The number of nitrogens with zero attached hydrogens (tertiary/aromatic N) is 2. The number of para-hydroxylation sites is 1. The van der Waals surface area contributed by atoms with Crippen molar-refractivity contribution in [1.82, 2.24) is 9.97 Å². The van der Waals surface area contributed by atoms with Gasteiger partial charge in [-0.15, -0.1) is 0 Å². The second-order valence-corrected chi connectivity index (χ2v) is 6.76. The van der Waals surface area contributed by atoms with E-state index < -0.39 is 0 Å². The third-order valence-electron chi connectivity index (χ3n) is 4.37. The highest BCUT2D eigenvalue weighted by atomic mass is 15.1. The third kappa shape index (κ3) is 3.09. The molecule has 1 aliphatic carbocycles. The van der Waals surface area contributed by atoms with Crippen LogP contribution in [0, 0.1) is 5.41 Å². The highest BCUT2D eigenvalue weighted by Crippen LogP contribution is 2.36. The average Bonchev–Trinajstić information content (AvgIpc) is 2.46. The van der Waals surface area contributed by atoms with Gasteiger partial charge in [0.25, 0.3) is 0 Å². The molecule has 112 valence electrons. The second-order valence-electron chi connectivity index (χ2n) is 6.76. The van der Waals surface area contributed by atoms with Gasteiger partial charge in [0, 0.05) is 18.5 Å². The van der Waals surface area contributed by atoms with E-state index in [1.165, 1.54) is 25.7 Å². The van der Waals surface area contributed by atoms with Crippen LogP contribution < -0.4 is 10.6 Å². The Balaban J connectivity index is 1.92. The molecule has 0 bridgehead atoms. The van der Waals surface area contributed by atoms with E-state index >= 15 is 0 Å². The fourth-order valence-electron chi connectivity index (χ4n) is 3.31. The van der Waals surface area contributed by atoms with Crippen LogP contribution in [0.2, 0.25) is 0 Å². The lowest BCUT2D eigenvalue weighted by molar-refractivity contribution is 0.229. The molecule has 0 saturated heterocycles. The van der Waals surface area contributed by atoms with Gasteiger partial charge in [0.1, 0.15) is 5.82 Å². The van der Waals surface area contributed by atoms with Crippen molar-refractivity contribution in [2.45, 2.75) is 45.6 Å². The Kier molecular flexibility index (Phi) is 3.70. The highest BCUT2D eigenvalue weighted by Gasteiger charge is 2.28. The third-order valence-corrected chi connectivity index (χ3v) is 4.37. The number of hydrogen-bond acceptors (Lipinski definition) is 4. The van der Waals surface area contributed by atoms with Gasteiger partial charge >= 0.3 is 0 Å². The predicted molar refractivity (Wildman–Crippen MR) is 88.7 cm³/mol. The number of hydrogen-bond donors (Lipinski definition) is 2. The van der Waals surface area contributed by atoms with Crippen LogP contribution >= 0.6 is 0 Å². The van der Waals surface area contributed by atoms with Gasteiger partial charge in [-0.05, 0) is 36.8 Å². The summed E-state index contributed by atoms with van der Waals surface area (Å²) in [5.74, 6) is 1.62. The number of fused-ring (bicyclic) bond motifs is 1. The molecule has 0 amide bonds. The summed E-state index contributed by atoms with van der Waals surface area (Å²) < 4.78 is 0. The van der Waals surface area contributed by atoms with Crippen molar-refractivity contribution in [3.8, 4) is 0 Å². The molecule has 0 spiro atoms. The first kappa shape index (κ1) is 14.1. The van der Waals surface area contributed by atoms with E-state index in [1.807, 2.05) is 25.2 Å². The topological polar surface area (TPSA) is 49.8 Å². The molecule has 4 nitrogen and oxygen atoms in total. The Morgan fingerprint density at radius 2 is 2.00 bits per heavy atom. The summed E-state index contributed by atoms with van der Waals surface area (Å²) in [6, 6.07) is 8.68. The van der Waals surface area contributed by atoms with Crippen LogP contribution in [-0.2, 0) is 0 Å². The van der Waals surface area contributed by atoms with E-state index in [-0.39, 0.29) is 0 Å². The Labute approximate surface area is 126 Å². The normalized spacial score (nSPS) is 21.2. The predicted octanol–water partition coefficient (Wildman–Crippen LogP) is 4.05. The fourth-order valence-corrected chi connectivity index (χ4v) is 3.31. The van der Waals surface area contributed by atoms with Crippen LogP contribution in [0.25, 0.3) is 10.9 Å². The summed E-state index contributed by atoms with van der Waals surface area (Å²) in [7, 11) is 1.86. The molecule has 1 aromatic carbocycles. The molecule has 1 unspecified atom stereocenters. The molecule has 1 heterocycles. The van der Waals surface area contributed by atoms with Crippen molar-refractivity contribution in [3.63, 3.8) is 0 Å². The SMILES string of the molecule is CNc1nc(NC2CCCC(C)(C)C2)c2ccccc2n1. The maximum atomic E-state index is 4.63. The maximum Gasteiger partial charge on any atom is 0.224 e. The quantitative estimate of drug-likeness (QED) is 0.892. The summed E-state index contributed by atoms with van der Waals surface area (Å²) in [5.41, 5.74) is 1.40. The van der Waals surface area contributed by atoms with Crippen LogP contribution in [0.5, 0.6) is 0 Å². The summed E-state index contributed by atoms with van der Waals surface area (Å²) in [6.45, 7) is 4.72. The molecular formula is C17H24N4. The zero-order valence-electron chi connectivity index (χ0n) is 13.1. The van der Waals surface area contributed by atoms with Gasteiger partial charge in [-0.1, -0.05) is 32.4 Å². The van der Waals surface area contributed by atoms with Gasteiger partial charge in [0.05, 0.1) is 5.52 Å². The lowest BCUT2D eigenvalue weighted by Gasteiger charge is -2.36. The minimum absolute atomic E-state index is 0.421. The van der Waals surface area contributed by atoms with E-state index in [2.05, 4.69) is 40.5 Å². The van der Waals surface area contributed by atoms with Crippen LogP contribution in [-0.4, -0.2) is 23.1 Å². The van der Waals surface area contributed by atoms with E-state index in [0.29, 0.717) is 17.4 Å². The standard InChI is InChI=1S/C17H24N4/c1-17(2)10-6-7-12(11-17)19-15-13-8-4-5-9-14(13)20-16(18-3)21-15/h4-5,8-9,12H,6-7,10-11H2,1-3H3,(H2,18,19,20,21). The minimum Gasteiger partial charge on any atom is -0.367 e. The van der Waals surface area contributed by atoms with E-state index in [9.17, 15) is 0 Å². The maximum absolute atomic E-state index is 4.63. The van der Waals surface area contributed by atoms with Crippen LogP contribution in [0.4, 0.5) is 11.8 Å². The van der Waals surface area contributed by atoms with Crippen molar-refractivity contribution in [1.29, 1.82) is 0 Å². The lowest BCUT2D eigenvalue weighted by atomic mass is 9.75. The minimum atomic E-state index is 0.421. The van der Waals surface area contributed by atoms with E-state index in [0.717, 1.165) is 16.7 Å². The van der Waals surface area contributed by atoms with Gasteiger partial charge < -0.3 is 10.6 Å². The summed E-state index contributed by atoms with van der Waals surface area (Å²) in [4.78, 5) is 9.14. The number of aromatic nitrogens is 2. The van der Waals surface area contributed by atoms with E-state index in [4.69, 9.17) is 0 Å². The Morgan fingerprint density at radius 3 is 2.76 bits per heavy atom. The van der Waals surface area contributed by atoms with Crippen LogP contribution in [0.1, 0.15) is 39.5 Å². The highest BCUT2D eigenvalue weighted by molar-refractivity contribution is 5.90. The molecule has 1 aliphatic rings. The number of benzene rings is 1. The molecule has 2 N–H and O–H groups in total. The molecule has 1 atom stereocenters. The number of rotatable bonds is 3. The molecular weight excluding hydrogens is 260 g/mol. The Morgan fingerprint density at radius 1 is 1.19 bits per heavy atom. The molecule has 1 aromatic heterocycles. The first-order chi connectivity index (χ1) is 10.1. The average molecular weight is 284 g/mol. The summed E-state index contributed by atoms with van der Waals surface area (Å²) in [6.07, 6.45) is 5.01. The summed E-state index contributed by atoms with van der Waals surface area (Å²) >= 11 is 0. The largest absolute Gasteiger partial charge is 0.367 e. The van der Waals surface area contributed by atoms with Gasteiger partial charge in [-0.3, -0.25) is 0 Å².